The van der Waals surface area contributed by atoms with E-state index in [1.165, 1.54) is 4.90 Å². The van der Waals surface area contributed by atoms with Gasteiger partial charge in [-0.25, -0.2) is 8.42 Å². The van der Waals surface area contributed by atoms with Crippen LogP contribution < -0.4 is 0 Å². The van der Waals surface area contributed by atoms with E-state index in [1.807, 2.05) is 0 Å². The molecule has 1 aliphatic heterocycles. The molecule has 92 valence electrons. The summed E-state index contributed by atoms with van der Waals surface area (Å²) in [7, 11) is -3.31. The first-order valence-corrected chi connectivity index (χ1v) is 7.04. The van der Waals surface area contributed by atoms with Gasteiger partial charge in [-0.15, -0.1) is 0 Å². The van der Waals surface area contributed by atoms with Gasteiger partial charge in [0.15, 0.2) is 9.84 Å². The van der Waals surface area contributed by atoms with Gasteiger partial charge in [0.2, 0.25) is 5.91 Å². The molecule has 0 atom stereocenters. The van der Waals surface area contributed by atoms with Crippen LogP contribution in [-0.4, -0.2) is 55.4 Å². The number of carboxylic acid groups (broad SMARTS) is 1. The molecule has 0 aliphatic carbocycles. The first kappa shape index (κ1) is 13.0. The average molecular weight is 249 g/mol. The normalized spacial score (nSPS) is 18.4. The molecule has 1 aliphatic rings. The Hall–Kier alpha value is -1.11. The standard InChI is InChI=1S/C9H15NO5S/c1-16(14,15)6-8(11)10-4-2-7(3-5-10)9(12)13/h7H,2-6H2,1H3,(H,12,13). The fourth-order valence-corrected chi connectivity index (χ4v) is 2.32. The van der Waals surface area contributed by atoms with E-state index in [4.69, 9.17) is 5.11 Å². The number of sulfone groups is 1. The van der Waals surface area contributed by atoms with Gasteiger partial charge in [-0.3, -0.25) is 9.59 Å². The van der Waals surface area contributed by atoms with Gasteiger partial charge in [-0.2, -0.15) is 0 Å². The van der Waals surface area contributed by atoms with Crippen LogP contribution in [-0.2, 0) is 19.4 Å². The lowest BCUT2D eigenvalue weighted by atomic mass is 9.97. The van der Waals surface area contributed by atoms with Crippen LogP contribution in [0.5, 0.6) is 0 Å². The number of aliphatic carboxylic acids is 1. The Bertz CT molecular complexity index is 381. The summed E-state index contributed by atoms with van der Waals surface area (Å²) in [5.74, 6) is -2.20. The number of hydrogen-bond acceptors (Lipinski definition) is 4. The van der Waals surface area contributed by atoms with Crippen molar-refractivity contribution in [3.05, 3.63) is 0 Å². The number of likely N-dealkylation sites (tertiary alicyclic amines) is 1. The highest BCUT2D eigenvalue weighted by atomic mass is 32.2. The lowest BCUT2D eigenvalue weighted by Crippen LogP contribution is -2.42. The van der Waals surface area contributed by atoms with E-state index in [-0.39, 0.29) is 0 Å². The van der Waals surface area contributed by atoms with E-state index < -0.39 is 33.4 Å². The van der Waals surface area contributed by atoms with Crippen LogP contribution in [0.2, 0.25) is 0 Å². The molecule has 16 heavy (non-hydrogen) atoms. The molecule has 1 amide bonds. The molecule has 0 aromatic rings. The number of carboxylic acids is 1. The Kier molecular flexibility index (Phi) is 3.90. The molecule has 0 aromatic heterocycles. The molecule has 1 heterocycles. The lowest BCUT2D eigenvalue weighted by Gasteiger charge is -2.29. The summed E-state index contributed by atoms with van der Waals surface area (Å²) < 4.78 is 21.8. The Morgan fingerprint density at radius 1 is 1.31 bits per heavy atom. The summed E-state index contributed by atoms with van der Waals surface area (Å²) in [5.41, 5.74) is 0. The minimum atomic E-state index is -3.31. The van der Waals surface area contributed by atoms with Crippen LogP contribution in [0.15, 0.2) is 0 Å². The zero-order valence-corrected chi connectivity index (χ0v) is 9.87. The maximum absolute atomic E-state index is 11.5. The monoisotopic (exact) mass is 249 g/mol. The largest absolute Gasteiger partial charge is 0.481 e. The zero-order chi connectivity index (χ0) is 12.3. The van der Waals surface area contributed by atoms with Crippen LogP contribution in [0.4, 0.5) is 0 Å². The van der Waals surface area contributed by atoms with Crippen molar-refractivity contribution in [2.24, 2.45) is 5.92 Å². The predicted molar refractivity (Wildman–Crippen MR) is 56.7 cm³/mol. The van der Waals surface area contributed by atoms with E-state index in [9.17, 15) is 18.0 Å². The summed E-state index contributed by atoms with van der Waals surface area (Å²) in [6.07, 6.45) is 1.80. The third-order valence-electron chi connectivity index (χ3n) is 2.58. The quantitative estimate of drug-likeness (QED) is 0.718. The predicted octanol–water partition coefficient (Wildman–Crippen LogP) is -0.646. The topological polar surface area (TPSA) is 91.8 Å². The molecule has 0 saturated carbocycles. The second kappa shape index (κ2) is 4.82. The molecule has 0 radical (unpaired) electrons. The van der Waals surface area contributed by atoms with Gasteiger partial charge in [-0.1, -0.05) is 0 Å². The molecule has 7 heteroatoms. The molecular formula is C9H15NO5S. The first-order valence-electron chi connectivity index (χ1n) is 4.98. The van der Waals surface area contributed by atoms with Crippen molar-refractivity contribution in [3.8, 4) is 0 Å². The maximum Gasteiger partial charge on any atom is 0.306 e. The molecule has 0 spiro atoms. The Balaban J connectivity index is 2.48. The van der Waals surface area contributed by atoms with Gasteiger partial charge in [0.05, 0.1) is 5.92 Å². The van der Waals surface area contributed by atoms with Gasteiger partial charge in [0, 0.05) is 19.3 Å². The zero-order valence-electron chi connectivity index (χ0n) is 9.05. The van der Waals surface area contributed by atoms with Gasteiger partial charge >= 0.3 is 5.97 Å². The first-order chi connectivity index (χ1) is 7.29. The molecule has 1 saturated heterocycles. The molecule has 0 bridgehead atoms. The van der Waals surface area contributed by atoms with Crippen molar-refractivity contribution < 1.29 is 23.1 Å². The third kappa shape index (κ3) is 3.80. The second-order valence-corrected chi connectivity index (χ2v) is 6.20. The maximum atomic E-state index is 11.5. The minimum absolute atomic E-state index is 0.325. The fraction of sp³-hybridized carbons (Fsp3) is 0.778. The minimum Gasteiger partial charge on any atom is -0.481 e. The molecule has 0 unspecified atom stereocenters. The van der Waals surface area contributed by atoms with Gasteiger partial charge in [0.25, 0.3) is 0 Å². The van der Waals surface area contributed by atoms with Gasteiger partial charge < -0.3 is 10.0 Å². The van der Waals surface area contributed by atoms with Crippen LogP contribution in [0.25, 0.3) is 0 Å². The molecule has 1 rings (SSSR count). The molecular weight excluding hydrogens is 234 g/mol. The summed E-state index contributed by atoms with van der Waals surface area (Å²) >= 11 is 0. The molecule has 6 nitrogen and oxygen atoms in total. The number of piperidine rings is 1. The summed E-state index contributed by atoms with van der Waals surface area (Å²) in [6, 6.07) is 0. The van der Waals surface area contributed by atoms with Crippen molar-refractivity contribution in [1.82, 2.24) is 4.90 Å². The number of carbonyl (C=O) groups is 2. The summed E-state index contributed by atoms with van der Waals surface area (Å²) in [5, 5.41) is 8.75. The van der Waals surface area contributed by atoms with Gasteiger partial charge in [0.1, 0.15) is 5.75 Å². The van der Waals surface area contributed by atoms with E-state index in [1.54, 1.807) is 0 Å². The molecule has 1 fully saturated rings. The lowest BCUT2D eigenvalue weighted by molar-refractivity contribution is -0.145. The molecule has 1 N–H and O–H groups in total. The number of nitrogens with zero attached hydrogens (tertiary/aromatic N) is 1. The highest BCUT2D eigenvalue weighted by Crippen LogP contribution is 2.17. The number of amides is 1. The fourth-order valence-electron chi connectivity index (χ4n) is 1.69. The van der Waals surface area contributed by atoms with Gasteiger partial charge in [-0.05, 0) is 12.8 Å². The van der Waals surface area contributed by atoms with E-state index in [0.29, 0.717) is 25.9 Å². The van der Waals surface area contributed by atoms with E-state index in [2.05, 4.69) is 0 Å². The van der Waals surface area contributed by atoms with Crippen molar-refractivity contribution in [2.45, 2.75) is 12.8 Å². The Morgan fingerprint density at radius 2 is 1.81 bits per heavy atom. The summed E-state index contributed by atoms with van der Waals surface area (Å²) in [6.45, 7) is 0.649. The number of hydrogen-bond donors (Lipinski definition) is 1. The van der Waals surface area contributed by atoms with Crippen LogP contribution in [0, 0.1) is 5.92 Å². The highest BCUT2D eigenvalue weighted by Gasteiger charge is 2.27. The molecule has 0 aromatic carbocycles. The second-order valence-electron chi connectivity index (χ2n) is 4.06. The number of carbonyl (C=O) groups excluding carboxylic acids is 1. The average Bonchev–Trinajstić information content (AvgIpc) is 2.15. The Labute approximate surface area is 94.2 Å². The summed E-state index contributed by atoms with van der Waals surface area (Å²) in [4.78, 5) is 23.6. The third-order valence-corrected chi connectivity index (χ3v) is 3.35. The highest BCUT2D eigenvalue weighted by molar-refractivity contribution is 7.91. The van der Waals surface area contributed by atoms with E-state index in [0.717, 1.165) is 6.26 Å². The van der Waals surface area contributed by atoms with Crippen molar-refractivity contribution in [3.63, 3.8) is 0 Å². The smallest absolute Gasteiger partial charge is 0.306 e. The van der Waals surface area contributed by atoms with Crippen LogP contribution in [0.3, 0.4) is 0 Å². The van der Waals surface area contributed by atoms with E-state index >= 15 is 0 Å². The van der Waals surface area contributed by atoms with Crippen LogP contribution >= 0.6 is 0 Å². The van der Waals surface area contributed by atoms with Crippen molar-refractivity contribution in [2.75, 3.05) is 25.1 Å². The Morgan fingerprint density at radius 3 is 2.19 bits per heavy atom. The SMILES string of the molecule is CS(=O)(=O)CC(=O)N1CCC(C(=O)O)CC1. The van der Waals surface area contributed by atoms with Crippen molar-refractivity contribution in [1.29, 1.82) is 0 Å². The van der Waals surface area contributed by atoms with Crippen molar-refractivity contribution >= 4 is 21.7 Å². The van der Waals surface area contributed by atoms with Crippen LogP contribution in [0.1, 0.15) is 12.8 Å². The number of rotatable bonds is 3.